The second-order valence-corrected chi connectivity index (χ2v) is 6.05. The molecule has 5 nitrogen and oxygen atoms in total. The zero-order chi connectivity index (χ0) is 16.2. The van der Waals surface area contributed by atoms with E-state index in [4.69, 9.17) is 10.5 Å². The molecule has 0 saturated carbocycles. The molecule has 0 unspecified atom stereocenters. The van der Waals surface area contributed by atoms with Crippen LogP contribution in [0.3, 0.4) is 0 Å². The molecule has 0 radical (unpaired) electrons. The molecule has 1 aromatic carbocycles. The van der Waals surface area contributed by atoms with Gasteiger partial charge in [-0.15, -0.1) is 0 Å². The van der Waals surface area contributed by atoms with E-state index in [1.54, 1.807) is 26.8 Å². The van der Waals surface area contributed by atoms with Crippen LogP contribution in [0.4, 0.5) is 10.5 Å². The molecule has 0 atom stereocenters. The van der Waals surface area contributed by atoms with Gasteiger partial charge in [-0.2, -0.15) is 0 Å². The summed E-state index contributed by atoms with van der Waals surface area (Å²) in [6, 6.07) is 3.48. The predicted octanol–water partition coefficient (Wildman–Crippen LogP) is 3.18. The van der Waals surface area contributed by atoms with Crippen molar-refractivity contribution < 1.29 is 14.3 Å². The summed E-state index contributed by atoms with van der Waals surface area (Å²) in [5.74, 6) is -0.0344. The molecule has 5 heteroatoms. The lowest BCUT2D eigenvalue weighted by molar-refractivity contribution is 0.0635. The maximum Gasteiger partial charge on any atom is 0.412 e. The summed E-state index contributed by atoms with van der Waals surface area (Å²) < 4.78 is 5.23. The maximum absolute atomic E-state index is 12.0. The Morgan fingerprint density at radius 2 is 1.86 bits per heavy atom. The third-order valence-corrected chi connectivity index (χ3v) is 3.00. The van der Waals surface area contributed by atoms with Gasteiger partial charge in [0, 0.05) is 17.7 Å². The van der Waals surface area contributed by atoms with Crippen molar-refractivity contribution in [2.24, 2.45) is 5.73 Å². The van der Waals surface area contributed by atoms with Crippen molar-refractivity contribution in [1.82, 2.24) is 0 Å². The number of benzene rings is 1. The molecule has 3 N–H and O–H groups in total. The number of carbonyl (C=O) groups excluding carboxylic acids is 2. The van der Waals surface area contributed by atoms with Crippen LogP contribution in [-0.2, 0) is 4.74 Å². The van der Waals surface area contributed by atoms with E-state index >= 15 is 0 Å². The summed E-state index contributed by atoms with van der Waals surface area (Å²) in [5.41, 5.74) is 7.82. The Kier molecular flexibility index (Phi) is 5.49. The normalized spacial score (nSPS) is 11.1. The molecule has 1 aromatic rings. The van der Waals surface area contributed by atoms with E-state index in [2.05, 4.69) is 5.32 Å². The summed E-state index contributed by atoms with van der Waals surface area (Å²) in [7, 11) is 0. The molecule has 1 rings (SSSR count). The SMILES string of the molecule is Cc1cc(C(=O)CCN)cc(NC(=O)OC(C)(C)C)c1C. The molecule has 0 heterocycles. The molecule has 0 fully saturated rings. The molecule has 21 heavy (non-hydrogen) atoms. The molecular formula is C16H24N2O3. The Balaban J connectivity index is 3.01. The fraction of sp³-hybridized carbons (Fsp3) is 0.500. The minimum absolute atomic E-state index is 0.0344. The first-order chi connectivity index (χ1) is 9.64. The van der Waals surface area contributed by atoms with E-state index in [1.165, 1.54) is 0 Å². The summed E-state index contributed by atoms with van der Waals surface area (Å²) in [6.07, 6.45) is -0.248. The number of rotatable bonds is 4. The van der Waals surface area contributed by atoms with Crippen molar-refractivity contribution in [1.29, 1.82) is 0 Å². The van der Waals surface area contributed by atoms with Gasteiger partial charge in [-0.05, 0) is 64.4 Å². The van der Waals surface area contributed by atoms with Gasteiger partial charge in [-0.25, -0.2) is 4.79 Å². The number of ketones is 1. The maximum atomic E-state index is 12.0. The first-order valence-corrected chi connectivity index (χ1v) is 6.98. The van der Waals surface area contributed by atoms with Crippen molar-refractivity contribution in [2.45, 2.75) is 46.6 Å². The zero-order valence-electron chi connectivity index (χ0n) is 13.4. The standard InChI is InChI=1S/C16H24N2O3/c1-10-8-12(14(19)6-7-17)9-13(11(10)2)18-15(20)21-16(3,4)5/h8-9H,6-7,17H2,1-5H3,(H,18,20). The fourth-order valence-corrected chi connectivity index (χ4v) is 1.84. The number of carbonyl (C=O) groups is 2. The van der Waals surface area contributed by atoms with Crippen molar-refractivity contribution >= 4 is 17.6 Å². The minimum Gasteiger partial charge on any atom is -0.444 e. The third kappa shape index (κ3) is 5.19. The first kappa shape index (κ1) is 17.2. The molecule has 0 aliphatic heterocycles. The predicted molar refractivity (Wildman–Crippen MR) is 83.8 cm³/mol. The number of Topliss-reactive ketones (excluding diaryl/α,β-unsaturated/α-hetero) is 1. The van der Waals surface area contributed by atoms with Crippen LogP contribution in [0, 0.1) is 13.8 Å². The molecule has 0 spiro atoms. The highest BCUT2D eigenvalue weighted by atomic mass is 16.6. The summed E-state index contributed by atoms with van der Waals surface area (Å²) >= 11 is 0. The van der Waals surface area contributed by atoms with Crippen LogP contribution in [-0.4, -0.2) is 24.0 Å². The Labute approximate surface area is 125 Å². The highest BCUT2D eigenvalue weighted by Crippen LogP contribution is 2.23. The summed E-state index contributed by atoms with van der Waals surface area (Å²) in [6.45, 7) is 9.48. The lowest BCUT2D eigenvalue weighted by Gasteiger charge is -2.20. The quantitative estimate of drug-likeness (QED) is 0.835. The Bertz CT molecular complexity index is 545. The second-order valence-electron chi connectivity index (χ2n) is 6.05. The monoisotopic (exact) mass is 292 g/mol. The number of ether oxygens (including phenoxy) is 1. The summed E-state index contributed by atoms with van der Waals surface area (Å²) in [4.78, 5) is 23.8. The van der Waals surface area contributed by atoms with E-state index in [9.17, 15) is 9.59 Å². The molecule has 0 aliphatic carbocycles. The van der Waals surface area contributed by atoms with Gasteiger partial charge in [0.2, 0.25) is 0 Å². The number of hydrogen-bond acceptors (Lipinski definition) is 4. The molecule has 116 valence electrons. The van der Waals surface area contributed by atoms with E-state index in [0.29, 0.717) is 17.8 Å². The van der Waals surface area contributed by atoms with E-state index in [0.717, 1.165) is 11.1 Å². The van der Waals surface area contributed by atoms with E-state index in [-0.39, 0.29) is 12.2 Å². The lowest BCUT2D eigenvalue weighted by Crippen LogP contribution is -2.27. The minimum atomic E-state index is -0.569. The van der Waals surface area contributed by atoms with Crippen molar-refractivity contribution in [2.75, 3.05) is 11.9 Å². The molecule has 1 amide bonds. The summed E-state index contributed by atoms with van der Waals surface area (Å²) in [5, 5.41) is 2.70. The van der Waals surface area contributed by atoms with Crippen LogP contribution < -0.4 is 11.1 Å². The van der Waals surface area contributed by atoms with Gasteiger partial charge in [0.05, 0.1) is 0 Å². The average Bonchev–Trinajstić information content (AvgIpc) is 2.32. The van der Waals surface area contributed by atoms with Crippen LogP contribution >= 0.6 is 0 Å². The molecular weight excluding hydrogens is 268 g/mol. The average molecular weight is 292 g/mol. The first-order valence-electron chi connectivity index (χ1n) is 6.98. The van der Waals surface area contributed by atoms with Crippen molar-refractivity contribution in [3.63, 3.8) is 0 Å². The van der Waals surface area contributed by atoms with Crippen LogP contribution in [0.15, 0.2) is 12.1 Å². The van der Waals surface area contributed by atoms with Crippen LogP contribution in [0.1, 0.15) is 48.7 Å². The molecule has 0 saturated heterocycles. The molecule has 0 aromatic heterocycles. The van der Waals surface area contributed by atoms with Gasteiger partial charge in [0.15, 0.2) is 5.78 Å². The fourth-order valence-electron chi connectivity index (χ4n) is 1.84. The second kappa shape index (κ2) is 6.72. The Morgan fingerprint density at radius 1 is 1.24 bits per heavy atom. The largest absolute Gasteiger partial charge is 0.444 e. The topological polar surface area (TPSA) is 81.4 Å². The van der Waals surface area contributed by atoms with Gasteiger partial charge in [-0.1, -0.05) is 0 Å². The highest BCUT2D eigenvalue weighted by molar-refractivity contribution is 5.98. The van der Waals surface area contributed by atoms with Gasteiger partial charge >= 0.3 is 6.09 Å². The highest BCUT2D eigenvalue weighted by Gasteiger charge is 2.18. The van der Waals surface area contributed by atoms with Crippen LogP contribution in [0.5, 0.6) is 0 Å². The van der Waals surface area contributed by atoms with E-state index < -0.39 is 11.7 Å². The van der Waals surface area contributed by atoms with Crippen molar-refractivity contribution in [3.05, 3.63) is 28.8 Å². The third-order valence-electron chi connectivity index (χ3n) is 3.00. The van der Waals surface area contributed by atoms with E-state index in [1.807, 2.05) is 19.9 Å². The van der Waals surface area contributed by atoms with Gasteiger partial charge in [0.25, 0.3) is 0 Å². The molecule has 0 aliphatic rings. The molecule has 0 bridgehead atoms. The van der Waals surface area contributed by atoms with Crippen LogP contribution in [0.25, 0.3) is 0 Å². The number of aryl methyl sites for hydroxylation is 1. The number of hydrogen-bond donors (Lipinski definition) is 2. The number of anilines is 1. The van der Waals surface area contributed by atoms with Crippen LogP contribution in [0.2, 0.25) is 0 Å². The number of nitrogens with one attached hydrogen (secondary N) is 1. The van der Waals surface area contributed by atoms with Gasteiger partial charge in [0.1, 0.15) is 5.60 Å². The zero-order valence-corrected chi connectivity index (χ0v) is 13.4. The lowest BCUT2D eigenvalue weighted by atomic mass is 10.00. The van der Waals surface area contributed by atoms with Crippen molar-refractivity contribution in [3.8, 4) is 0 Å². The Morgan fingerprint density at radius 3 is 2.38 bits per heavy atom. The number of nitrogens with two attached hydrogens (primary N) is 1. The van der Waals surface area contributed by atoms with Gasteiger partial charge in [-0.3, -0.25) is 10.1 Å². The van der Waals surface area contributed by atoms with Gasteiger partial charge < -0.3 is 10.5 Å². The number of amides is 1. The smallest absolute Gasteiger partial charge is 0.412 e. The Hall–Kier alpha value is -1.88.